The Labute approximate surface area is 157 Å². The van der Waals surface area contributed by atoms with Crippen molar-refractivity contribution in [1.82, 2.24) is 5.43 Å². The molecule has 9 heteroatoms. The van der Waals surface area contributed by atoms with Gasteiger partial charge in [-0.25, -0.2) is 9.82 Å². The van der Waals surface area contributed by atoms with Crippen LogP contribution in [0.2, 0.25) is 0 Å². The van der Waals surface area contributed by atoms with Gasteiger partial charge in [-0.1, -0.05) is 12.1 Å². The number of benzene rings is 2. The molecule has 1 heterocycles. The predicted octanol–water partition coefficient (Wildman–Crippen LogP) is 3.63. The highest BCUT2D eigenvalue weighted by Gasteiger charge is 2.12. The number of nitrogens with zero attached hydrogens (tertiary/aromatic N) is 3. The molecule has 0 saturated heterocycles. The first-order valence-corrected chi connectivity index (χ1v) is 7.85. The van der Waals surface area contributed by atoms with Crippen LogP contribution in [0.3, 0.4) is 0 Å². The first kappa shape index (κ1) is 18.5. The highest BCUT2D eigenvalue weighted by Crippen LogP contribution is 2.25. The molecular formula is C19H11FN4O4. The Hall–Kier alpha value is -4.32. The minimum absolute atomic E-state index is 0.0687. The fourth-order valence-corrected chi connectivity index (χ4v) is 2.33. The number of rotatable bonds is 5. The van der Waals surface area contributed by atoms with E-state index in [0.29, 0.717) is 11.3 Å². The normalized spacial score (nSPS) is 10.6. The van der Waals surface area contributed by atoms with E-state index in [1.807, 2.05) is 0 Å². The molecule has 0 unspecified atom stereocenters. The van der Waals surface area contributed by atoms with E-state index in [9.17, 15) is 19.3 Å². The molecule has 0 fully saturated rings. The Morgan fingerprint density at radius 3 is 2.79 bits per heavy atom. The van der Waals surface area contributed by atoms with Crippen LogP contribution in [-0.2, 0) is 0 Å². The van der Waals surface area contributed by atoms with Crippen LogP contribution < -0.4 is 5.43 Å². The summed E-state index contributed by atoms with van der Waals surface area (Å²) in [5.41, 5.74) is 2.44. The van der Waals surface area contributed by atoms with Crippen LogP contribution in [-0.4, -0.2) is 17.0 Å². The summed E-state index contributed by atoms with van der Waals surface area (Å²) in [6, 6.07) is 14.3. The van der Waals surface area contributed by atoms with Crippen molar-refractivity contribution in [2.75, 3.05) is 0 Å². The fourth-order valence-electron chi connectivity index (χ4n) is 2.33. The molecule has 0 spiro atoms. The van der Waals surface area contributed by atoms with Crippen LogP contribution in [0.5, 0.6) is 0 Å². The van der Waals surface area contributed by atoms with Gasteiger partial charge < -0.3 is 4.42 Å². The molecule has 0 aliphatic carbocycles. The van der Waals surface area contributed by atoms with Crippen molar-refractivity contribution >= 4 is 17.8 Å². The summed E-state index contributed by atoms with van der Waals surface area (Å²) in [6.07, 6.45) is 1.21. The first-order chi connectivity index (χ1) is 13.5. The molecule has 8 nitrogen and oxygen atoms in total. The monoisotopic (exact) mass is 378 g/mol. The van der Waals surface area contributed by atoms with Crippen LogP contribution in [0, 0.1) is 27.3 Å². The van der Waals surface area contributed by atoms with E-state index in [0.717, 1.165) is 6.07 Å². The lowest BCUT2D eigenvalue weighted by Crippen LogP contribution is -2.19. The van der Waals surface area contributed by atoms with Gasteiger partial charge in [0.1, 0.15) is 17.3 Å². The van der Waals surface area contributed by atoms with Crippen LogP contribution in [0.4, 0.5) is 10.1 Å². The minimum Gasteiger partial charge on any atom is -0.455 e. The molecule has 1 aromatic heterocycles. The number of amides is 1. The zero-order valence-corrected chi connectivity index (χ0v) is 14.1. The van der Waals surface area contributed by atoms with Crippen molar-refractivity contribution in [2.45, 2.75) is 0 Å². The van der Waals surface area contributed by atoms with Gasteiger partial charge in [0, 0.05) is 17.7 Å². The third kappa shape index (κ3) is 4.08. The third-order valence-corrected chi connectivity index (χ3v) is 3.67. The molecule has 1 N–H and O–H groups in total. The number of hydrazone groups is 1. The number of hydrogen-bond acceptors (Lipinski definition) is 6. The summed E-state index contributed by atoms with van der Waals surface area (Å²) in [6.45, 7) is 0. The summed E-state index contributed by atoms with van der Waals surface area (Å²) in [4.78, 5) is 22.3. The lowest BCUT2D eigenvalue weighted by Gasteiger charge is -2.01. The van der Waals surface area contributed by atoms with Crippen LogP contribution in [0.1, 0.15) is 21.7 Å². The zero-order valence-electron chi connectivity index (χ0n) is 14.1. The summed E-state index contributed by atoms with van der Waals surface area (Å²) in [5, 5.41) is 23.2. The standard InChI is InChI=1S/C19H11FN4O4/c20-17-8-12(10-21)4-6-16(17)19(25)23-22-11-15-5-7-18(28-15)13-2-1-3-14(9-13)24(26)27/h1-9,11H,(H,23,25)/b22-11+. The van der Waals surface area contributed by atoms with Crippen molar-refractivity contribution in [2.24, 2.45) is 5.10 Å². The molecule has 0 saturated carbocycles. The van der Waals surface area contributed by atoms with Crippen LogP contribution in [0.25, 0.3) is 11.3 Å². The van der Waals surface area contributed by atoms with Crippen molar-refractivity contribution in [3.8, 4) is 17.4 Å². The van der Waals surface area contributed by atoms with Crippen molar-refractivity contribution < 1.29 is 18.5 Å². The van der Waals surface area contributed by atoms with Gasteiger partial charge in [-0.15, -0.1) is 0 Å². The Morgan fingerprint density at radius 2 is 2.07 bits per heavy atom. The number of nitro groups is 1. The van der Waals surface area contributed by atoms with Gasteiger partial charge in [-0.2, -0.15) is 10.4 Å². The molecular weight excluding hydrogens is 367 g/mol. The molecule has 138 valence electrons. The number of nitriles is 1. The highest BCUT2D eigenvalue weighted by molar-refractivity contribution is 5.95. The number of furan rings is 1. The smallest absolute Gasteiger partial charge is 0.274 e. The van der Waals surface area contributed by atoms with E-state index in [2.05, 4.69) is 10.5 Å². The Balaban J connectivity index is 1.69. The van der Waals surface area contributed by atoms with E-state index in [-0.39, 0.29) is 22.6 Å². The average Bonchev–Trinajstić information content (AvgIpc) is 3.16. The van der Waals surface area contributed by atoms with Gasteiger partial charge in [0.25, 0.3) is 11.6 Å². The van der Waals surface area contributed by atoms with E-state index >= 15 is 0 Å². The van der Waals surface area contributed by atoms with Gasteiger partial charge in [0.2, 0.25) is 0 Å². The van der Waals surface area contributed by atoms with Gasteiger partial charge >= 0.3 is 0 Å². The van der Waals surface area contributed by atoms with E-state index in [1.165, 1.54) is 36.5 Å². The Morgan fingerprint density at radius 1 is 1.25 bits per heavy atom. The van der Waals surface area contributed by atoms with Gasteiger partial charge in [0.05, 0.1) is 28.3 Å². The molecule has 3 rings (SSSR count). The number of nitro benzene ring substituents is 1. The lowest BCUT2D eigenvalue weighted by molar-refractivity contribution is -0.384. The molecule has 3 aromatic rings. The summed E-state index contributed by atoms with van der Waals surface area (Å²) >= 11 is 0. The summed E-state index contributed by atoms with van der Waals surface area (Å²) < 4.78 is 19.3. The zero-order chi connectivity index (χ0) is 20.1. The quantitative estimate of drug-likeness (QED) is 0.413. The molecule has 28 heavy (non-hydrogen) atoms. The topological polar surface area (TPSA) is 122 Å². The molecule has 0 atom stereocenters. The van der Waals surface area contributed by atoms with E-state index in [4.69, 9.17) is 9.68 Å². The summed E-state index contributed by atoms with van der Waals surface area (Å²) in [7, 11) is 0. The largest absolute Gasteiger partial charge is 0.455 e. The average molecular weight is 378 g/mol. The number of non-ortho nitro benzene ring substituents is 1. The SMILES string of the molecule is N#Cc1ccc(C(=O)N/N=C/c2ccc(-c3cccc([N+](=O)[O-])c3)o2)c(F)c1. The Kier molecular flexibility index (Phi) is 5.23. The molecule has 0 aliphatic heterocycles. The van der Waals surface area contributed by atoms with Crippen LogP contribution in [0.15, 0.2) is 64.1 Å². The van der Waals surface area contributed by atoms with Gasteiger partial charge in [-0.3, -0.25) is 14.9 Å². The molecule has 0 bridgehead atoms. The predicted molar refractivity (Wildman–Crippen MR) is 97.0 cm³/mol. The maximum absolute atomic E-state index is 13.8. The maximum Gasteiger partial charge on any atom is 0.274 e. The van der Waals surface area contributed by atoms with Crippen LogP contribution >= 0.6 is 0 Å². The minimum atomic E-state index is -0.835. The number of nitrogens with one attached hydrogen (secondary N) is 1. The fraction of sp³-hybridized carbons (Fsp3) is 0. The third-order valence-electron chi connectivity index (χ3n) is 3.67. The van der Waals surface area contributed by atoms with Crippen molar-refractivity contribution in [1.29, 1.82) is 5.26 Å². The van der Waals surface area contributed by atoms with Crippen molar-refractivity contribution in [3.05, 3.63) is 87.4 Å². The lowest BCUT2D eigenvalue weighted by atomic mass is 10.1. The number of carbonyl (C=O) groups excluding carboxylic acids is 1. The van der Waals surface area contributed by atoms with Crippen molar-refractivity contribution in [3.63, 3.8) is 0 Å². The second-order valence-corrected chi connectivity index (χ2v) is 5.52. The van der Waals surface area contributed by atoms with E-state index in [1.54, 1.807) is 24.3 Å². The Bertz CT molecular complexity index is 1130. The number of hydrogen-bond donors (Lipinski definition) is 1. The van der Waals surface area contributed by atoms with E-state index < -0.39 is 16.6 Å². The molecule has 2 aromatic carbocycles. The second kappa shape index (κ2) is 7.92. The maximum atomic E-state index is 13.8. The number of carbonyl (C=O) groups is 1. The molecule has 1 amide bonds. The van der Waals surface area contributed by atoms with Gasteiger partial charge in [0.15, 0.2) is 0 Å². The first-order valence-electron chi connectivity index (χ1n) is 7.85. The van der Waals surface area contributed by atoms with Gasteiger partial charge in [-0.05, 0) is 30.3 Å². The summed E-state index contributed by atoms with van der Waals surface area (Å²) in [5.74, 6) is -0.960. The number of halogens is 1. The second-order valence-electron chi connectivity index (χ2n) is 5.52. The molecule has 0 radical (unpaired) electrons. The molecule has 0 aliphatic rings. The highest BCUT2D eigenvalue weighted by atomic mass is 19.1.